The first kappa shape index (κ1) is 11.5. The van der Waals surface area contributed by atoms with Crippen LogP contribution in [0.3, 0.4) is 0 Å². The van der Waals surface area contributed by atoms with E-state index in [9.17, 15) is 4.79 Å². The molecular weight excluding hydrogens is 212 g/mol. The van der Waals surface area contributed by atoms with Gasteiger partial charge in [-0.25, -0.2) is 0 Å². The van der Waals surface area contributed by atoms with Crippen molar-refractivity contribution in [3.63, 3.8) is 0 Å². The third kappa shape index (κ3) is 3.01. The minimum Gasteiger partial charge on any atom is -0.353 e. The molecule has 1 heterocycles. The van der Waals surface area contributed by atoms with Gasteiger partial charge in [0.1, 0.15) is 0 Å². The lowest BCUT2D eigenvalue weighted by Crippen LogP contribution is -2.43. The molecule has 3 fully saturated rings. The average Bonchev–Trinajstić information content (AvgIpc) is 3.08. The van der Waals surface area contributed by atoms with E-state index < -0.39 is 0 Å². The predicted octanol–water partition coefficient (Wildman–Crippen LogP) is 1.78. The van der Waals surface area contributed by atoms with Gasteiger partial charge in [0.05, 0.1) is 0 Å². The van der Waals surface area contributed by atoms with Crippen LogP contribution in [-0.2, 0) is 4.79 Å². The normalized spacial score (nSPS) is 27.8. The number of nitrogens with zero attached hydrogens (tertiary/aromatic N) is 1. The summed E-state index contributed by atoms with van der Waals surface area (Å²) in [6.45, 7) is 3.56. The Morgan fingerprint density at radius 3 is 2.29 bits per heavy atom. The molecule has 0 unspecified atom stereocenters. The van der Waals surface area contributed by atoms with E-state index in [1.807, 2.05) is 0 Å². The summed E-state index contributed by atoms with van der Waals surface area (Å²) in [6, 6.07) is 0.524. The van der Waals surface area contributed by atoms with E-state index in [4.69, 9.17) is 0 Å². The van der Waals surface area contributed by atoms with Crippen LogP contribution in [0.5, 0.6) is 0 Å². The van der Waals surface area contributed by atoms with Crippen LogP contribution in [-0.4, -0.2) is 36.5 Å². The molecule has 0 atom stereocenters. The van der Waals surface area contributed by atoms with Crippen LogP contribution in [0.1, 0.15) is 44.9 Å². The maximum Gasteiger partial charge on any atom is 0.223 e. The molecule has 0 spiro atoms. The van der Waals surface area contributed by atoms with Gasteiger partial charge in [-0.15, -0.1) is 0 Å². The molecule has 1 amide bonds. The molecule has 0 aromatic rings. The van der Waals surface area contributed by atoms with E-state index in [0.29, 0.717) is 17.9 Å². The summed E-state index contributed by atoms with van der Waals surface area (Å²) in [5.74, 6) is 1.59. The highest BCUT2D eigenvalue weighted by Gasteiger charge is 2.30. The molecule has 3 rings (SSSR count). The molecule has 0 aromatic heterocycles. The van der Waals surface area contributed by atoms with Crippen LogP contribution in [0, 0.1) is 11.8 Å². The number of carbonyl (C=O) groups excluding carboxylic acids is 1. The number of hydrogen-bond donors (Lipinski definition) is 1. The first-order valence-corrected chi connectivity index (χ1v) is 7.34. The van der Waals surface area contributed by atoms with Crippen molar-refractivity contribution in [1.82, 2.24) is 10.2 Å². The van der Waals surface area contributed by atoms with Crippen molar-refractivity contribution in [2.75, 3.05) is 19.6 Å². The van der Waals surface area contributed by atoms with Gasteiger partial charge in [-0.2, -0.15) is 0 Å². The quantitative estimate of drug-likeness (QED) is 0.807. The first-order chi connectivity index (χ1) is 8.31. The van der Waals surface area contributed by atoms with E-state index in [1.54, 1.807) is 0 Å². The molecule has 3 aliphatic rings. The summed E-state index contributed by atoms with van der Waals surface area (Å²) < 4.78 is 0. The summed E-state index contributed by atoms with van der Waals surface area (Å²) in [7, 11) is 0. The lowest BCUT2D eigenvalue weighted by Gasteiger charge is -2.36. The van der Waals surface area contributed by atoms with Crippen molar-refractivity contribution >= 4 is 5.91 Å². The Balaban J connectivity index is 1.38. The van der Waals surface area contributed by atoms with Crippen molar-refractivity contribution in [2.45, 2.75) is 51.0 Å². The van der Waals surface area contributed by atoms with Gasteiger partial charge in [0.25, 0.3) is 0 Å². The minimum absolute atomic E-state index is 0.299. The van der Waals surface area contributed by atoms with E-state index in [-0.39, 0.29) is 0 Å². The molecule has 0 aromatic carbocycles. The molecule has 17 heavy (non-hydrogen) atoms. The highest BCUT2D eigenvalue weighted by atomic mass is 16.2. The molecule has 1 aliphatic heterocycles. The zero-order chi connectivity index (χ0) is 11.7. The third-order valence-corrected chi connectivity index (χ3v) is 4.62. The summed E-state index contributed by atoms with van der Waals surface area (Å²) in [5, 5.41) is 3.14. The predicted molar refractivity (Wildman–Crippen MR) is 67.7 cm³/mol. The Labute approximate surface area is 104 Å². The van der Waals surface area contributed by atoms with Gasteiger partial charge in [0.2, 0.25) is 5.91 Å². The Hall–Kier alpha value is -0.570. The SMILES string of the molecule is O=C(NC1CC1)C1CCN(CC2CCC2)CC1. The van der Waals surface area contributed by atoms with Gasteiger partial charge < -0.3 is 10.2 Å². The summed E-state index contributed by atoms with van der Waals surface area (Å²) in [6.07, 6.45) is 8.85. The van der Waals surface area contributed by atoms with E-state index >= 15 is 0 Å². The fraction of sp³-hybridized carbons (Fsp3) is 0.929. The van der Waals surface area contributed by atoms with Gasteiger partial charge in [0, 0.05) is 18.5 Å². The van der Waals surface area contributed by atoms with Crippen LogP contribution in [0.2, 0.25) is 0 Å². The highest BCUT2D eigenvalue weighted by Crippen LogP contribution is 2.29. The van der Waals surface area contributed by atoms with Crippen molar-refractivity contribution < 1.29 is 4.79 Å². The number of nitrogens with one attached hydrogen (secondary N) is 1. The maximum atomic E-state index is 11.9. The van der Waals surface area contributed by atoms with Gasteiger partial charge >= 0.3 is 0 Å². The van der Waals surface area contributed by atoms with Crippen molar-refractivity contribution in [1.29, 1.82) is 0 Å². The Morgan fingerprint density at radius 1 is 1.06 bits per heavy atom. The second kappa shape index (κ2) is 4.97. The fourth-order valence-electron chi connectivity index (χ4n) is 2.96. The van der Waals surface area contributed by atoms with Crippen LogP contribution < -0.4 is 5.32 Å². The second-order valence-corrected chi connectivity index (χ2v) is 6.15. The molecule has 2 aliphatic carbocycles. The molecule has 3 heteroatoms. The van der Waals surface area contributed by atoms with Crippen LogP contribution in [0.15, 0.2) is 0 Å². The molecule has 0 bridgehead atoms. The molecule has 3 nitrogen and oxygen atoms in total. The number of carbonyl (C=O) groups is 1. The highest BCUT2D eigenvalue weighted by molar-refractivity contribution is 5.79. The van der Waals surface area contributed by atoms with E-state index in [0.717, 1.165) is 31.8 Å². The fourth-order valence-corrected chi connectivity index (χ4v) is 2.96. The first-order valence-electron chi connectivity index (χ1n) is 7.34. The zero-order valence-electron chi connectivity index (χ0n) is 10.7. The van der Waals surface area contributed by atoms with Crippen molar-refractivity contribution in [3.8, 4) is 0 Å². The van der Waals surface area contributed by atoms with Crippen molar-refractivity contribution in [3.05, 3.63) is 0 Å². The van der Waals surface area contributed by atoms with Crippen LogP contribution in [0.4, 0.5) is 0 Å². The van der Waals surface area contributed by atoms with Crippen LogP contribution >= 0.6 is 0 Å². The second-order valence-electron chi connectivity index (χ2n) is 6.15. The standard InChI is InChI=1S/C14H24N2O/c17-14(15-13-4-5-13)12-6-8-16(9-7-12)10-11-2-1-3-11/h11-13H,1-10H2,(H,15,17). The Morgan fingerprint density at radius 2 is 1.76 bits per heavy atom. The number of hydrogen-bond acceptors (Lipinski definition) is 2. The van der Waals surface area contributed by atoms with Gasteiger partial charge in [-0.1, -0.05) is 6.42 Å². The minimum atomic E-state index is 0.299. The molecule has 1 N–H and O–H groups in total. The lowest BCUT2D eigenvalue weighted by molar-refractivity contribution is -0.126. The largest absolute Gasteiger partial charge is 0.353 e. The number of amides is 1. The summed E-state index contributed by atoms with van der Waals surface area (Å²) >= 11 is 0. The van der Waals surface area contributed by atoms with Gasteiger partial charge in [0.15, 0.2) is 0 Å². The maximum absolute atomic E-state index is 11.9. The molecule has 2 saturated carbocycles. The smallest absolute Gasteiger partial charge is 0.223 e. The molecular formula is C14H24N2O. The van der Waals surface area contributed by atoms with Crippen LogP contribution in [0.25, 0.3) is 0 Å². The number of likely N-dealkylation sites (tertiary alicyclic amines) is 1. The monoisotopic (exact) mass is 236 g/mol. The average molecular weight is 236 g/mol. The molecule has 0 radical (unpaired) electrons. The number of rotatable bonds is 4. The Kier molecular flexibility index (Phi) is 3.37. The number of piperidine rings is 1. The van der Waals surface area contributed by atoms with Gasteiger partial charge in [-0.05, 0) is 57.5 Å². The summed E-state index contributed by atoms with van der Waals surface area (Å²) in [4.78, 5) is 14.5. The van der Waals surface area contributed by atoms with Gasteiger partial charge in [-0.3, -0.25) is 4.79 Å². The van der Waals surface area contributed by atoms with E-state index in [1.165, 1.54) is 38.6 Å². The Bertz CT molecular complexity index is 276. The summed E-state index contributed by atoms with van der Waals surface area (Å²) in [5.41, 5.74) is 0. The van der Waals surface area contributed by atoms with Crippen molar-refractivity contribution in [2.24, 2.45) is 11.8 Å². The topological polar surface area (TPSA) is 32.3 Å². The third-order valence-electron chi connectivity index (χ3n) is 4.62. The molecule has 96 valence electrons. The lowest BCUT2D eigenvalue weighted by atomic mass is 9.84. The van der Waals surface area contributed by atoms with E-state index in [2.05, 4.69) is 10.2 Å². The zero-order valence-corrected chi connectivity index (χ0v) is 10.7. The molecule has 1 saturated heterocycles.